The first kappa shape index (κ1) is 29.1. The molecule has 3 aromatic rings. The van der Waals surface area contributed by atoms with Gasteiger partial charge in [0.15, 0.2) is 5.96 Å². The maximum Gasteiger partial charge on any atom is 0.261 e. The van der Waals surface area contributed by atoms with Crippen molar-refractivity contribution in [3.8, 4) is 0 Å². The fourth-order valence-electron chi connectivity index (χ4n) is 7.63. The third-order valence-corrected chi connectivity index (χ3v) is 10.4. The SMILES string of the molecule is C[C@@H]1CN(/C(=N\C2C[C@H]3C[C@@H]([C@@H]2C)C3(C)C)Nc2ccc3c(=O)n(CCc4ccc(Cl)cc4F)cnc3c2)C[C@H](C)N1. The average molecular weight is 593 g/mol. The van der Waals surface area contributed by atoms with Crippen molar-refractivity contribution >= 4 is 34.2 Å². The van der Waals surface area contributed by atoms with Crippen LogP contribution in [0.4, 0.5) is 10.1 Å². The average Bonchev–Trinajstić information content (AvgIpc) is 2.93. The summed E-state index contributed by atoms with van der Waals surface area (Å²) in [7, 11) is 0. The van der Waals surface area contributed by atoms with Gasteiger partial charge < -0.3 is 15.5 Å². The summed E-state index contributed by atoms with van der Waals surface area (Å²) < 4.78 is 15.8. The van der Waals surface area contributed by atoms with Gasteiger partial charge in [-0.2, -0.15) is 0 Å². The molecule has 1 saturated heterocycles. The molecule has 3 saturated carbocycles. The third-order valence-electron chi connectivity index (χ3n) is 10.2. The molecule has 2 N–H and O–H groups in total. The van der Waals surface area contributed by atoms with Crippen LogP contribution in [-0.2, 0) is 13.0 Å². The Morgan fingerprint density at radius 1 is 1.14 bits per heavy atom. The van der Waals surface area contributed by atoms with Crippen molar-refractivity contribution in [1.82, 2.24) is 19.8 Å². The molecule has 2 aromatic carbocycles. The molecule has 0 radical (unpaired) electrons. The van der Waals surface area contributed by atoms with Gasteiger partial charge in [-0.3, -0.25) is 9.36 Å². The summed E-state index contributed by atoms with van der Waals surface area (Å²) >= 11 is 5.88. The number of anilines is 1. The molecule has 3 aliphatic carbocycles. The normalized spacial score (nSPS) is 28.9. The molecule has 4 fully saturated rings. The summed E-state index contributed by atoms with van der Waals surface area (Å²) in [6.07, 6.45) is 4.38. The first-order valence-electron chi connectivity index (χ1n) is 15.3. The number of nitrogens with one attached hydrogen (secondary N) is 2. The summed E-state index contributed by atoms with van der Waals surface area (Å²) in [5.74, 6) is 2.53. The van der Waals surface area contributed by atoms with Crippen LogP contribution in [0.25, 0.3) is 10.9 Å². The molecule has 4 aliphatic rings. The minimum absolute atomic E-state index is 0.141. The van der Waals surface area contributed by atoms with E-state index in [2.05, 4.69) is 55.1 Å². The largest absolute Gasteiger partial charge is 0.340 e. The molecule has 1 aliphatic heterocycles. The summed E-state index contributed by atoms with van der Waals surface area (Å²) in [6.45, 7) is 13.7. The molecule has 9 heteroatoms. The standard InChI is InChI=1S/C33H42ClFN6O/c1-19-16-41(17-20(2)37-19)32(39-29-13-23-12-27(21(29)3)33(23,4)5)38-25-8-9-26-30(15-25)36-18-40(31(26)42)11-10-22-6-7-24(34)14-28(22)35/h6-9,14-15,18-21,23,27,29,37H,10-13,16-17H2,1-5H3,(H,38,39)/t19-,20+,21-,23+,27-,29?/m0/s1. The van der Waals surface area contributed by atoms with E-state index < -0.39 is 0 Å². The molecule has 0 spiro atoms. The van der Waals surface area contributed by atoms with Crippen LogP contribution in [0.5, 0.6) is 0 Å². The topological polar surface area (TPSA) is 74.5 Å². The number of aromatic nitrogens is 2. The van der Waals surface area contributed by atoms with E-state index in [-0.39, 0.29) is 11.4 Å². The fraction of sp³-hybridized carbons (Fsp3) is 0.545. The predicted octanol–water partition coefficient (Wildman–Crippen LogP) is 5.95. The Bertz CT molecular complexity index is 1560. The zero-order valence-corrected chi connectivity index (χ0v) is 26.0. The second-order valence-electron chi connectivity index (χ2n) is 13.4. The number of guanidine groups is 1. The number of hydrogen-bond acceptors (Lipinski definition) is 4. The monoisotopic (exact) mass is 592 g/mol. The predicted molar refractivity (Wildman–Crippen MR) is 169 cm³/mol. The Hall–Kier alpha value is -2.97. The number of piperazine rings is 1. The van der Waals surface area contributed by atoms with E-state index in [0.717, 1.165) is 43.0 Å². The van der Waals surface area contributed by atoms with E-state index in [1.807, 2.05) is 18.2 Å². The number of benzene rings is 2. The highest BCUT2D eigenvalue weighted by molar-refractivity contribution is 6.30. The molecule has 1 aromatic heterocycles. The molecule has 7 rings (SSSR count). The van der Waals surface area contributed by atoms with Crippen molar-refractivity contribution in [2.75, 3.05) is 18.4 Å². The molecule has 7 nitrogen and oxygen atoms in total. The Balaban J connectivity index is 1.24. The molecule has 2 heterocycles. The summed E-state index contributed by atoms with van der Waals surface area (Å²) in [6, 6.07) is 11.3. The van der Waals surface area contributed by atoms with Gasteiger partial charge in [0.25, 0.3) is 5.56 Å². The van der Waals surface area contributed by atoms with E-state index >= 15 is 0 Å². The number of nitrogens with zero attached hydrogens (tertiary/aromatic N) is 4. The Kier molecular flexibility index (Phi) is 7.81. The highest BCUT2D eigenvalue weighted by Gasteiger charge is 2.56. The molecular formula is C33H42ClFN6O. The Morgan fingerprint density at radius 3 is 2.60 bits per heavy atom. The summed E-state index contributed by atoms with van der Waals surface area (Å²) in [5, 5.41) is 8.16. The Morgan fingerprint density at radius 2 is 1.90 bits per heavy atom. The van der Waals surface area contributed by atoms with Crippen LogP contribution >= 0.6 is 11.6 Å². The highest BCUT2D eigenvalue weighted by Crippen LogP contribution is 2.61. The van der Waals surface area contributed by atoms with Crippen molar-refractivity contribution in [2.45, 2.75) is 78.6 Å². The highest BCUT2D eigenvalue weighted by atomic mass is 35.5. The van der Waals surface area contributed by atoms with Gasteiger partial charge in [-0.25, -0.2) is 14.4 Å². The lowest BCUT2D eigenvalue weighted by molar-refractivity contribution is -0.108. The van der Waals surface area contributed by atoms with Crippen molar-refractivity contribution in [2.24, 2.45) is 28.2 Å². The molecular weight excluding hydrogens is 551 g/mol. The number of rotatable bonds is 5. The van der Waals surface area contributed by atoms with Crippen molar-refractivity contribution in [3.63, 3.8) is 0 Å². The molecule has 224 valence electrons. The quantitative estimate of drug-likeness (QED) is 0.283. The zero-order valence-electron chi connectivity index (χ0n) is 25.2. The lowest BCUT2D eigenvalue weighted by Gasteiger charge is -2.61. The second kappa shape index (κ2) is 11.3. The van der Waals surface area contributed by atoms with Crippen LogP contribution in [0, 0.1) is 29.0 Å². The Labute approximate surface area is 252 Å². The lowest BCUT2D eigenvalue weighted by atomic mass is 9.45. The molecule has 1 unspecified atom stereocenters. The van der Waals surface area contributed by atoms with Gasteiger partial charge in [-0.15, -0.1) is 0 Å². The van der Waals surface area contributed by atoms with Crippen LogP contribution in [0.15, 0.2) is 52.5 Å². The van der Waals surface area contributed by atoms with Crippen LogP contribution in [0.3, 0.4) is 0 Å². The van der Waals surface area contributed by atoms with E-state index in [9.17, 15) is 9.18 Å². The van der Waals surface area contributed by atoms with Crippen LogP contribution in [0.2, 0.25) is 5.02 Å². The smallest absolute Gasteiger partial charge is 0.261 e. The summed E-state index contributed by atoms with van der Waals surface area (Å²) in [5.41, 5.74) is 2.27. The minimum atomic E-state index is -0.367. The van der Waals surface area contributed by atoms with Gasteiger partial charge in [0.1, 0.15) is 5.82 Å². The van der Waals surface area contributed by atoms with Crippen LogP contribution < -0.4 is 16.2 Å². The van der Waals surface area contributed by atoms with E-state index in [1.54, 1.807) is 18.5 Å². The first-order valence-corrected chi connectivity index (χ1v) is 15.7. The number of fused-ring (bicyclic) bond motifs is 3. The van der Waals surface area contributed by atoms with Crippen molar-refractivity contribution in [3.05, 3.63) is 69.5 Å². The second-order valence-corrected chi connectivity index (χ2v) is 13.9. The maximum absolute atomic E-state index is 14.2. The minimum Gasteiger partial charge on any atom is -0.340 e. The van der Waals surface area contributed by atoms with Gasteiger partial charge in [0, 0.05) is 42.4 Å². The number of hydrogen-bond donors (Lipinski definition) is 2. The van der Waals surface area contributed by atoms with Crippen LogP contribution in [0.1, 0.15) is 53.0 Å². The summed E-state index contributed by atoms with van der Waals surface area (Å²) in [4.78, 5) is 25.7. The zero-order chi connectivity index (χ0) is 29.8. The van der Waals surface area contributed by atoms with Gasteiger partial charge in [-0.05, 0) is 92.2 Å². The van der Waals surface area contributed by atoms with Gasteiger partial charge in [0.2, 0.25) is 0 Å². The molecule has 2 bridgehead atoms. The van der Waals surface area contributed by atoms with E-state index in [1.165, 1.54) is 17.1 Å². The number of aliphatic imine (C=N–C) groups is 1. The fourth-order valence-corrected chi connectivity index (χ4v) is 7.79. The van der Waals surface area contributed by atoms with E-state index in [4.69, 9.17) is 16.6 Å². The molecule has 6 atom stereocenters. The maximum atomic E-state index is 14.2. The van der Waals surface area contributed by atoms with Gasteiger partial charge >= 0.3 is 0 Å². The van der Waals surface area contributed by atoms with E-state index in [0.29, 0.717) is 63.9 Å². The molecule has 42 heavy (non-hydrogen) atoms. The third kappa shape index (κ3) is 5.55. The van der Waals surface area contributed by atoms with Crippen LogP contribution in [-0.4, -0.2) is 51.6 Å². The molecule has 0 amide bonds. The number of halogens is 2. The van der Waals surface area contributed by atoms with Gasteiger partial charge in [-0.1, -0.05) is 38.4 Å². The lowest BCUT2D eigenvalue weighted by Crippen LogP contribution is -2.59. The van der Waals surface area contributed by atoms with Crippen molar-refractivity contribution < 1.29 is 4.39 Å². The first-order chi connectivity index (χ1) is 20.0. The van der Waals surface area contributed by atoms with Crippen molar-refractivity contribution in [1.29, 1.82) is 0 Å². The number of aryl methyl sites for hydroxylation is 2. The van der Waals surface area contributed by atoms with Gasteiger partial charge in [0.05, 0.1) is 23.3 Å².